The molecule has 0 spiro atoms. The summed E-state index contributed by atoms with van der Waals surface area (Å²) in [6, 6.07) is 0. The van der Waals surface area contributed by atoms with Crippen molar-refractivity contribution < 1.29 is 14.6 Å². The van der Waals surface area contributed by atoms with E-state index in [1.807, 2.05) is 0 Å². The van der Waals surface area contributed by atoms with E-state index in [1.165, 1.54) is 14.0 Å². The lowest BCUT2D eigenvalue weighted by atomic mass is 10.1. The summed E-state index contributed by atoms with van der Waals surface area (Å²) >= 11 is 0. The first kappa shape index (κ1) is 22.7. The molecular formula is C14H33NO3. The highest BCUT2D eigenvalue weighted by Crippen LogP contribution is 1.98. The Morgan fingerprint density at radius 3 is 1.78 bits per heavy atom. The van der Waals surface area contributed by atoms with E-state index in [0.717, 1.165) is 12.8 Å². The first-order chi connectivity index (χ1) is 8.40. The van der Waals surface area contributed by atoms with Crippen molar-refractivity contribution in [2.24, 2.45) is 17.6 Å². The number of aliphatic hydroxyl groups is 1. The molecule has 0 fully saturated rings. The summed E-state index contributed by atoms with van der Waals surface area (Å²) in [5, 5.41) is 8.24. The van der Waals surface area contributed by atoms with Crippen molar-refractivity contribution in [3.05, 3.63) is 0 Å². The number of rotatable bonds is 7. The monoisotopic (exact) mass is 263 g/mol. The first-order valence-electron chi connectivity index (χ1n) is 6.65. The number of ether oxygens (including phenoxy) is 1. The third-order valence-corrected chi connectivity index (χ3v) is 1.85. The molecule has 0 heterocycles. The van der Waals surface area contributed by atoms with Gasteiger partial charge < -0.3 is 15.6 Å². The highest BCUT2D eigenvalue weighted by Gasteiger charge is 1.95. The lowest BCUT2D eigenvalue weighted by Gasteiger charge is -2.03. The largest absolute Gasteiger partial charge is 0.396 e. The summed E-state index contributed by atoms with van der Waals surface area (Å²) in [6.07, 6.45) is 1.97. The molecule has 0 aliphatic heterocycles. The number of ketones is 1. The van der Waals surface area contributed by atoms with Crippen LogP contribution in [0.5, 0.6) is 0 Å². The minimum atomic E-state index is 0.101. The summed E-state index contributed by atoms with van der Waals surface area (Å²) < 4.78 is 5.06. The molecular weight excluding hydrogens is 230 g/mol. The molecule has 0 radical (unpaired) electrons. The predicted octanol–water partition coefficient (Wildman–Crippen LogP) is 2.24. The molecule has 0 aromatic carbocycles. The van der Waals surface area contributed by atoms with Gasteiger partial charge >= 0.3 is 0 Å². The molecule has 0 aromatic heterocycles. The average molecular weight is 263 g/mol. The van der Waals surface area contributed by atoms with Gasteiger partial charge in [0.2, 0.25) is 0 Å². The SMILES string of the molecule is CC(=O)COCCC(C)C.CC(C)CCO.CN. The van der Waals surface area contributed by atoms with Crippen LogP contribution in [0.4, 0.5) is 0 Å². The predicted molar refractivity (Wildman–Crippen MR) is 77.6 cm³/mol. The van der Waals surface area contributed by atoms with Crippen LogP contribution in [0.15, 0.2) is 0 Å². The third kappa shape index (κ3) is 36.1. The van der Waals surface area contributed by atoms with Crippen molar-refractivity contribution in [1.82, 2.24) is 0 Å². The Hall–Kier alpha value is -0.450. The Bertz CT molecular complexity index is 159. The quantitative estimate of drug-likeness (QED) is 0.691. The van der Waals surface area contributed by atoms with E-state index >= 15 is 0 Å². The van der Waals surface area contributed by atoms with E-state index in [0.29, 0.717) is 25.0 Å². The van der Waals surface area contributed by atoms with Gasteiger partial charge in [-0.25, -0.2) is 0 Å². The average Bonchev–Trinajstić information content (AvgIpc) is 2.27. The van der Waals surface area contributed by atoms with Gasteiger partial charge in [-0.1, -0.05) is 27.7 Å². The molecule has 4 heteroatoms. The van der Waals surface area contributed by atoms with Gasteiger partial charge in [0.15, 0.2) is 5.78 Å². The zero-order valence-electron chi connectivity index (χ0n) is 13.0. The molecule has 18 heavy (non-hydrogen) atoms. The number of carbonyl (C=O) groups is 1. The summed E-state index contributed by atoms with van der Waals surface area (Å²) in [5.41, 5.74) is 4.50. The topological polar surface area (TPSA) is 72.5 Å². The van der Waals surface area contributed by atoms with Crippen molar-refractivity contribution >= 4 is 5.78 Å². The van der Waals surface area contributed by atoms with E-state index in [-0.39, 0.29) is 12.4 Å². The van der Waals surface area contributed by atoms with Gasteiger partial charge in [-0.05, 0) is 38.6 Å². The van der Waals surface area contributed by atoms with Crippen LogP contribution in [0.1, 0.15) is 47.5 Å². The van der Waals surface area contributed by atoms with Crippen molar-refractivity contribution in [1.29, 1.82) is 0 Å². The van der Waals surface area contributed by atoms with Crippen LogP contribution in [0.2, 0.25) is 0 Å². The van der Waals surface area contributed by atoms with Gasteiger partial charge in [0.25, 0.3) is 0 Å². The molecule has 0 aromatic rings. The highest BCUT2D eigenvalue weighted by molar-refractivity contribution is 5.76. The number of aliphatic hydroxyl groups excluding tert-OH is 1. The van der Waals surface area contributed by atoms with Crippen LogP contribution in [0.3, 0.4) is 0 Å². The molecule has 0 rings (SSSR count). The molecule has 112 valence electrons. The lowest BCUT2D eigenvalue weighted by Crippen LogP contribution is -2.06. The smallest absolute Gasteiger partial charge is 0.155 e. The summed E-state index contributed by atoms with van der Waals surface area (Å²) in [5.74, 6) is 1.41. The highest BCUT2D eigenvalue weighted by atomic mass is 16.5. The maximum Gasteiger partial charge on any atom is 0.155 e. The molecule has 0 aliphatic carbocycles. The fourth-order valence-corrected chi connectivity index (χ4v) is 0.793. The molecule has 0 bridgehead atoms. The van der Waals surface area contributed by atoms with Gasteiger partial charge in [0.05, 0.1) is 0 Å². The van der Waals surface area contributed by atoms with Crippen LogP contribution in [-0.4, -0.2) is 37.8 Å². The normalized spacial score (nSPS) is 9.44. The van der Waals surface area contributed by atoms with Gasteiger partial charge in [0, 0.05) is 13.2 Å². The molecule has 0 aliphatic rings. The Morgan fingerprint density at radius 2 is 1.56 bits per heavy atom. The number of hydrogen-bond acceptors (Lipinski definition) is 4. The zero-order chi connectivity index (χ0) is 15.0. The Labute approximate surface area is 113 Å². The summed E-state index contributed by atoms with van der Waals surface area (Å²) in [6.45, 7) is 11.3. The molecule has 0 amide bonds. The van der Waals surface area contributed by atoms with E-state index < -0.39 is 0 Å². The van der Waals surface area contributed by atoms with E-state index in [1.54, 1.807) is 0 Å². The van der Waals surface area contributed by atoms with Gasteiger partial charge in [-0.15, -0.1) is 0 Å². The summed E-state index contributed by atoms with van der Waals surface area (Å²) in [7, 11) is 1.50. The fourth-order valence-electron chi connectivity index (χ4n) is 0.793. The second kappa shape index (κ2) is 18.9. The van der Waals surface area contributed by atoms with Crippen LogP contribution in [0.25, 0.3) is 0 Å². The Morgan fingerprint density at radius 1 is 1.11 bits per heavy atom. The van der Waals surface area contributed by atoms with Gasteiger partial charge in [-0.2, -0.15) is 0 Å². The minimum Gasteiger partial charge on any atom is -0.396 e. The van der Waals surface area contributed by atoms with Crippen LogP contribution in [0, 0.1) is 11.8 Å². The van der Waals surface area contributed by atoms with Gasteiger partial charge in [-0.3, -0.25) is 4.79 Å². The van der Waals surface area contributed by atoms with Crippen molar-refractivity contribution in [2.45, 2.75) is 47.5 Å². The Kier molecular flexibility index (Phi) is 23.8. The molecule has 0 unspecified atom stereocenters. The van der Waals surface area contributed by atoms with Crippen LogP contribution in [-0.2, 0) is 9.53 Å². The third-order valence-electron chi connectivity index (χ3n) is 1.85. The first-order valence-corrected chi connectivity index (χ1v) is 6.65. The molecule has 0 saturated heterocycles. The van der Waals surface area contributed by atoms with Gasteiger partial charge in [0.1, 0.15) is 6.61 Å². The number of Topliss-reactive ketones (excluding diaryl/α,β-unsaturated/α-hetero) is 1. The van der Waals surface area contributed by atoms with Crippen molar-refractivity contribution in [3.63, 3.8) is 0 Å². The Balaban J connectivity index is -0.000000241. The van der Waals surface area contributed by atoms with Crippen molar-refractivity contribution in [3.8, 4) is 0 Å². The van der Waals surface area contributed by atoms with E-state index in [4.69, 9.17) is 9.84 Å². The van der Waals surface area contributed by atoms with Crippen LogP contribution < -0.4 is 5.73 Å². The fraction of sp³-hybridized carbons (Fsp3) is 0.929. The number of nitrogens with two attached hydrogens (primary N) is 1. The maximum absolute atomic E-state index is 10.4. The second-order valence-corrected chi connectivity index (χ2v) is 4.84. The number of carbonyl (C=O) groups excluding carboxylic acids is 1. The van der Waals surface area contributed by atoms with Crippen LogP contribution >= 0.6 is 0 Å². The standard InChI is InChI=1S/C8H16O2.C5H12O.CH5N/c1-7(2)4-5-10-6-8(3)9;1-5(2)3-4-6;1-2/h7H,4-6H2,1-3H3;5-6H,3-4H2,1-2H3;2H2,1H3. The second-order valence-electron chi connectivity index (χ2n) is 4.84. The van der Waals surface area contributed by atoms with Crippen molar-refractivity contribution in [2.75, 3.05) is 26.9 Å². The van der Waals surface area contributed by atoms with E-state index in [9.17, 15) is 4.79 Å². The summed E-state index contributed by atoms with van der Waals surface area (Å²) in [4.78, 5) is 10.4. The maximum atomic E-state index is 10.4. The molecule has 0 saturated carbocycles. The molecule has 3 N–H and O–H groups in total. The molecule has 4 nitrogen and oxygen atoms in total. The van der Waals surface area contributed by atoms with E-state index in [2.05, 4.69) is 33.4 Å². The molecule has 0 atom stereocenters. The number of hydrogen-bond donors (Lipinski definition) is 2. The minimum absolute atomic E-state index is 0.101. The zero-order valence-corrected chi connectivity index (χ0v) is 13.0. The lowest BCUT2D eigenvalue weighted by molar-refractivity contribution is -0.121.